The number of ether oxygens (including phenoxy) is 1. The summed E-state index contributed by atoms with van der Waals surface area (Å²) in [6, 6.07) is -0.0835. The van der Waals surface area contributed by atoms with Gasteiger partial charge in [0.2, 0.25) is 0 Å². The minimum Gasteiger partial charge on any atom is -0.444 e. The van der Waals surface area contributed by atoms with E-state index < -0.39 is 11.7 Å². The molecule has 1 N–H and O–H groups in total. The smallest absolute Gasteiger partial charge is 0.410 e. The van der Waals surface area contributed by atoms with Crippen molar-refractivity contribution in [2.75, 3.05) is 6.54 Å². The first-order valence-corrected chi connectivity index (χ1v) is 6.49. The zero-order chi connectivity index (χ0) is 13.6. The number of hydrogen-bond acceptors (Lipinski definition) is 3. The lowest BCUT2D eigenvalue weighted by Crippen LogP contribution is -2.44. The van der Waals surface area contributed by atoms with Crippen molar-refractivity contribution in [3.63, 3.8) is 0 Å². The van der Waals surface area contributed by atoms with E-state index >= 15 is 0 Å². The van der Waals surface area contributed by atoms with E-state index in [9.17, 15) is 9.90 Å². The quantitative estimate of drug-likeness (QED) is 0.773. The van der Waals surface area contributed by atoms with Crippen LogP contribution in [0.4, 0.5) is 4.79 Å². The lowest BCUT2D eigenvalue weighted by molar-refractivity contribution is 0.00801. The largest absolute Gasteiger partial charge is 0.444 e. The first-order valence-electron chi connectivity index (χ1n) is 6.49. The van der Waals surface area contributed by atoms with Crippen LogP contribution < -0.4 is 0 Å². The van der Waals surface area contributed by atoms with Crippen molar-refractivity contribution in [2.45, 2.75) is 72.1 Å². The first-order chi connectivity index (χ1) is 7.81. The second-order valence-electron chi connectivity index (χ2n) is 5.12. The minimum atomic E-state index is -0.486. The summed E-state index contributed by atoms with van der Waals surface area (Å²) in [4.78, 5) is 13.4. The van der Waals surface area contributed by atoms with E-state index in [2.05, 4.69) is 0 Å². The van der Waals surface area contributed by atoms with Gasteiger partial charge < -0.3 is 14.7 Å². The van der Waals surface area contributed by atoms with E-state index in [4.69, 9.17) is 4.74 Å². The number of aliphatic hydroxyl groups excluding tert-OH is 1. The average molecular weight is 245 g/mol. The molecule has 2 atom stereocenters. The maximum absolute atomic E-state index is 11.8. The van der Waals surface area contributed by atoms with Crippen molar-refractivity contribution in [3.05, 3.63) is 0 Å². The van der Waals surface area contributed by atoms with Gasteiger partial charge in [0.05, 0.1) is 12.1 Å². The number of nitrogens with zero attached hydrogens (tertiary/aromatic N) is 1. The van der Waals surface area contributed by atoms with Gasteiger partial charge in [-0.15, -0.1) is 0 Å². The zero-order valence-corrected chi connectivity index (χ0v) is 12.0. The van der Waals surface area contributed by atoms with Crippen molar-refractivity contribution >= 4 is 6.09 Å². The molecule has 0 aliphatic carbocycles. The van der Waals surface area contributed by atoms with Crippen LogP contribution in [0, 0.1) is 0 Å². The molecular formula is C13H27NO3. The third-order valence-corrected chi connectivity index (χ3v) is 2.48. The molecule has 17 heavy (non-hydrogen) atoms. The first kappa shape index (κ1) is 16.2. The molecule has 1 saturated heterocycles. The molecule has 0 saturated carbocycles. The normalized spacial score (nSPS) is 21.6. The molecule has 0 aromatic heterocycles. The van der Waals surface area contributed by atoms with Gasteiger partial charge in [-0.1, -0.05) is 13.8 Å². The maximum Gasteiger partial charge on any atom is 0.410 e. The van der Waals surface area contributed by atoms with Gasteiger partial charge in [0.25, 0.3) is 0 Å². The van der Waals surface area contributed by atoms with Crippen LogP contribution in [0.3, 0.4) is 0 Å². The summed E-state index contributed by atoms with van der Waals surface area (Å²) < 4.78 is 5.28. The van der Waals surface area contributed by atoms with E-state index in [-0.39, 0.29) is 12.1 Å². The topological polar surface area (TPSA) is 49.8 Å². The summed E-state index contributed by atoms with van der Waals surface area (Å²) >= 11 is 0. The molecule has 1 rings (SSSR count). The summed E-state index contributed by atoms with van der Waals surface area (Å²) in [5.41, 5.74) is -0.469. The lowest BCUT2D eigenvalue weighted by Gasteiger charge is -2.29. The van der Waals surface area contributed by atoms with Crippen molar-refractivity contribution in [3.8, 4) is 0 Å². The summed E-state index contributed by atoms with van der Waals surface area (Å²) in [5, 5.41) is 9.52. The molecule has 0 aromatic carbocycles. The Kier molecular flexibility index (Phi) is 6.53. The fourth-order valence-electron chi connectivity index (χ4n) is 1.84. The van der Waals surface area contributed by atoms with Gasteiger partial charge in [-0.25, -0.2) is 4.79 Å². The predicted octanol–water partition coefficient (Wildman–Crippen LogP) is 2.79. The third-order valence-electron chi connectivity index (χ3n) is 2.48. The van der Waals surface area contributed by atoms with E-state index in [0.29, 0.717) is 6.54 Å². The summed E-state index contributed by atoms with van der Waals surface area (Å²) in [6.45, 7) is 11.9. The fourth-order valence-corrected chi connectivity index (χ4v) is 1.84. The Morgan fingerprint density at radius 2 is 1.94 bits per heavy atom. The Labute approximate surface area is 105 Å². The predicted molar refractivity (Wildman–Crippen MR) is 69.0 cm³/mol. The number of hydrogen-bond donors (Lipinski definition) is 1. The van der Waals surface area contributed by atoms with Crippen LogP contribution >= 0.6 is 0 Å². The van der Waals surface area contributed by atoms with E-state index in [0.717, 1.165) is 12.8 Å². The molecule has 0 aromatic rings. The molecular weight excluding hydrogens is 218 g/mol. The maximum atomic E-state index is 11.8. The Balaban J connectivity index is 0.00000121. The fraction of sp³-hybridized carbons (Fsp3) is 0.923. The molecule has 1 amide bonds. The number of likely N-dealkylation sites (tertiary alicyclic amines) is 1. The van der Waals surface area contributed by atoms with Crippen LogP contribution in [0.2, 0.25) is 0 Å². The van der Waals surface area contributed by atoms with E-state index in [1.807, 2.05) is 34.6 Å². The standard InChI is InChI=1S/C11H21NO3.C2H6/c1-8(13)9-6-5-7-12(9)10(14)15-11(2,3)4;1-2/h8-9,13H,5-7H2,1-4H3;1-2H3. The zero-order valence-electron chi connectivity index (χ0n) is 12.0. The molecule has 1 heterocycles. The molecule has 1 aliphatic rings. The highest BCUT2D eigenvalue weighted by Gasteiger charge is 2.34. The Morgan fingerprint density at radius 3 is 2.35 bits per heavy atom. The van der Waals surface area contributed by atoms with Gasteiger partial charge in [0.1, 0.15) is 5.60 Å². The van der Waals surface area contributed by atoms with Crippen LogP contribution in [0.1, 0.15) is 54.4 Å². The molecule has 2 unspecified atom stereocenters. The number of aliphatic hydroxyl groups is 1. The Hall–Kier alpha value is -0.770. The van der Waals surface area contributed by atoms with Crippen LogP contribution in [-0.2, 0) is 4.74 Å². The highest BCUT2D eigenvalue weighted by atomic mass is 16.6. The van der Waals surface area contributed by atoms with Crippen molar-refractivity contribution in [2.24, 2.45) is 0 Å². The highest BCUT2D eigenvalue weighted by molar-refractivity contribution is 5.69. The molecule has 0 spiro atoms. The van der Waals surface area contributed by atoms with E-state index in [1.165, 1.54) is 0 Å². The summed E-state index contributed by atoms with van der Waals surface area (Å²) in [5.74, 6) is 0. The molecule has 0 bridgehead atoms. The van der Waals surface area contributed by atoms with Crippen LogP contribution in [0.5, 0.6) is 0 Å². The number of carbonyl (C=O) groups is 1. The molecule has 0 radical (unpaired) electrons. The third kappa shape index (κ3) is 5.39. The van der Waals surface area contributed by atoms with Crippen LogP contribution in [0.25, 0.3) is 0 Å². The summed E-state index contributed by atoms with van der Waals surface area (Å²) in [6.07, 6.45) is 0.997. The van der Waals surface area contributed by atoms with Gasteiger partial charge in [0, 0.05) is 6.54 Å². The highest BCUT2D eigenvalue weighted by Crippen LogP contribution is 2.22. The SMILES string of the molecule is CC.CC(O)C1CCCN1C(=O)OC(C)(C)C. The Bertz CT molecular complexity index is 233. The molecule has 4 heteroatoms. The van der Waals surface area contributed by atoms with E-state index in [1.54, 1.807) is 11.8 Å². The molecule has 4 nitrogen and oxygen atoms in total. The lowest BCUT2D eigenvalue weighted by atomic mass is 10.1. The van der Waals surface area contributed by atoms with Crippen molar-refractivity contribution in [1.82, 2.24) is 4.90 Å². The van der Waals surface area contributed by atoms with Crippen molar-refractivity contribution < 1.29 is 14.6 Å². The van der Waals surface area contributed by atoms with Crippen molar-refractivity contribution in [1.29, 1.82) is 0 Å². The average Bonchev–Trinajstić information content (AvgIpc) is 2.66. The van der Waals surface area contributed by atoms with Gasteiger partial charge in [0.15, 0.2) is 0 Å². The van der Waals surface area contributed by atoms with Gasteiger partial charge >= 0.3 is 6.09 Å². The number of amides is 1. The summed E-state index contributed by atoms with van der Waals surface area (Å²) in [7, 11) is 0. The van der Waals surface area contributed by atoms with Gasteiger partial charge in [-0.3, -0.25) is 0 Å². The second kappa shape index (κ2) is 6.84. The van der Waals surface area contributed by atoms with Gasteiger partial charge in [-0.05, 0) is 40.5 Å². The number of carbonyl (C=O) groups excluding carboxylic acids is 1. The molecule has 102 valence electrons. The second-order valence-corrected chi connectivity index (χ2v) is 5.12. The van der Waals surface area contributed by atoms with Gasteiger partial charge in [-0.2, -0.15) is 0 Å². The monoisotopic (exact) mass is 245 g/mol. The Morgan fingerprint density at radius 1 is 1.41 bits per heavy atom. The minimum absolute atomic E-state index is 0.0835. The molecule has 1 fully saturated rings. The van der Waals surface area contributed by atoms with Crippen LogP contribution in [0.15, 0.2) is 0 Å². The van der Waals surface area contributed by atoms with Crippen LogP contribution in [-0.4, -0.2) is 40.4 Å². The molecule has 1 aliphatic heterocycles. The number of rotatable bonds is 1.